The van der Waals surface area contributed by atoms with Gasteiger partial charge in [0.15, 0.2) is 0 Å². The van der Waals surface area contributed by atoms with Crippen LogP contribution in [0.4, 0.5) is 0 Å². The maximum Gasteiger partial charge on any atom is 0.334 e. The van der Waals surface area contributed by atoms with Gasteiger partial charge in [0.2, 0.25) is 0 Å². The van der Waals surface area contributed by atoms with E-state index in [-0.39, 0.29) is 12.2 Å². The zero-order valence-electron chi connectivity index (χ0n) is 7.67. The molecule has 1 aromatic carbocycles. The van der Waals surface area contributed by atoms with Crippen molar-refractivity contribution in [3.8, 4) is 5.75 Å². The lowest BCUT2D eigenvalue weighted by Gasteiger charge is -2.06. The highest BCUT2D eigenvalue weighted by Gasteiger charge is 2.05. The minimum Gasteiger partial charge on any atom is -0.489 e. The summed E-state index contributed by atoms with van der Waals surface area (Å²) in [6.45, 7) is 3.30. The van der Waals surface area contributed by atoms with Gasteiger partial charge >= 0.3 is 5.97 Å². The highest BCUT2D eigenvalue weighted by Crippen LogP contribution is 2.23. The maximum atomic E-state index is 10.4. The highest BCUT2D eigenvalue weighted by molar-refractivity contribution is 14.1. The Morgan fingerprint density at radius 3 is 2.80 bits per heavy atom. The van der Waals surface area contributed by atoms with Crippen LogP contribution in [0.15, 0.2) is 30.4 Å². The first-order valence-electron chi connectivity index (χ1n) is 3.99. The van der Waals surface area contributed by atoms with E-state index in [1.165, 1.54) is 0 Å². The molecule has 0 radical (unpaired) electrons. The molecule has 5 heteroatoms. The third-order valence-electron chi connectivity index (χ3n) is 1.61. The number of benzene rings is 1. The van der Waals surface area contributed by atoms with Crippen LogP contribution in [0.3, 0.4) is 0 Å². The van der Waals surface area contributed by atoms with Crippen molar-refractivity contribution in [3.05, 3.63) is 38.9 Å². The van der Waals surface area contributed by atoms with E-state index in [9.17, 15) is 4.79 Å². The average Bonchev–Trinajstić information content (AvgIpc) is 2.19. The van der Waals surface area contributed by atoms with Crippen LogP contribution >= 0.6 is 34.2 Å². The Bertz CT molecular complexity index is 404. The van der Waals surface area contributed by atoms with E-state index in [0.29, 0.717) is 10.8 Å². The molecule has 0 spiro atoms. The summed E-state index contributed by atoms with van der Waals surface area (Å²) < 4.78 is 6.11. The summed E-state index contributed by atoms with van der Waals surface area (Å²) in [7, 11) is 0. The predicted molar refractivity (Wildman–Crippen MR) is 66.4 cm³/mol. The van der Waals surface area contributed by atoms with Gasteiger partial charge < -0.3 is 9.84 Å². The van der Waals surface area contributed by atoms with E-state index >= 15 is 0 Å². The molecule has 0 atom stereocenters. The summed E-state index contributed by atoms with van der Waals surface area (Å²) in [5.41, 5.74) is 0.00433. The van der Waals surface area contributed by atoms with Gasteiger partial charge in [0, 0.05) is 3.57 Å². The van der Waals surface area contributed by atoms with E-state index in [4.69, 9.17) is 21.4 Å². The number of carbonyl (C=O) groups is 1. The molecule has 0 aliphatic carbocycles. The molecule has 15 heavy (non-hydrogen) atoms. The van der Waals surface area contributed by atoms with Gasteiger partial charge in [-0.3, -0.25) is 0 Å². The molecule has 80 valence electrons. The first-order chi connectivity index (χ1) is 7.00. The third kappa shape index (κ3) is 3.71. The summed E-state index contributed by atoms with van der Waals surface area (Å²) in [4.78, 5) is 10.4. The van der Waals surface area contributed by atoms with E-state index in [2.05, 4.69) is 29.2 Å². The third-order valence-corrected chi connectivity index (χ3v) is 3.18. The van der Waals surface area contributed by atoms with Crippen LogP contribution in [0.5, 0.6) is 5.75 Å². The number of ether oxygens (including phenoxy) is 1. The van der Waals surface area contributed by atoms with Gasteiger partial charge in [-0.15, -0.1) is 0 Å². The Labute approximate surface area is 106 Å². The number of aliphatic carboxylic acids is 1. The minimum absolute atomic E-state index is 0.00433. The van der Waals surface area contributed by atoms with E-state index in [0.717, 1.165) is 3.57 Å². The number of halogens is 2. The molecule has 1 rings (SSSR count). The average molecular weight is 339 g/mol. The van der Waals surface area contributed by atoms with Crippen molar-refractivity contribution < 1.29 is 14.6 Å². The second-order valence-corrected chi connectivity index (χ2v) is 4.34. The van der Waals surface area contributed by atoms with Crippen LogP contribution in [0.1, 0.15) is 0 Å². The van der Waals surface area contributed by atoms with Crippen LogP contribution in [0, 0.1) is 3.57 Å². The maximum absolute atomic E-state index is 10.4. The normalized spacial score (nSPS) is 9.73. The molecular weight excluding hydrogens is 330 g/mol. The molecule has 0 amide bonds. The molecule has 0 bridgehead atoms. The lowest BCUT2D eigenvalue weighted by atomic mass is 10.3. The summed E-state index contributed by atoms with van der Waals surface area (Å²) in [5.74, 6) is -0.533. The number of hydrogen-bond donors (Lipinski definition) is 1. The molecule has 0 unspecified atom stereocenters. The van der Waals surface area contributed by atoms with E-state index < -0.39 is 5.97 Å². The predicted octanol–water partition coefficient (Wildman–Crippen LogP) is 2.96. The van der Waals surface area contributed by atoms with Crippen molar-refractivity contribution in [1.82, 2.24) is 0 Å². The van der Waals surface area contributed by atoms with Crippen LogP contribution in [-0.4, -0.2) is 17.7 Å². The van der Waals surface area contributed by atoms with Crippen LogP contribution in [0.2, 0.25) is 5.02 Å². The SMILES string of the molecule is C=C(COc1ccc(I)c(Cl)c1)C(=O)O. The van der Waals surface area contributed by atoms with Gasteiger partial charge in [-0.05, 0) is 40.8 Å². The molecule has 0 aromatic heterocycles. The Kier molecular flexibility index (Phi) is 4.41. The van der Waals surface area contributed by atoms with Crippen molar-refractivity contribution in [2.75, 3.05) is 6.61 Å². The number of hydrogen-bond acceptors (Lipinski definition) is 2. The molecule has 0 heterocycles. The minimum atomic E-state index is -1.06. The summed E-state index contributed by atoms with van der Waals surface area (Å²) >= 11 is 7.96. The number of rotatable bonds is 4. The quantitative estimate of drug-likeness (QED) is 0.678. The molecule has 1 aromatic rings. The monoisotopic (exact) mass is 338 g/mol. The lowest BCUT2D eigenvalue weighted by Crippen LogP contribution is -2.08. The smallest absolute Gasteiger partial charge is 0.334 e. The van der Waals surface area contributed by atoms with Gasteiger partial charge in [0.25, 0.3) is 0 Å². The van der Waals surface area contributed by atoms with Crippen LogP contribution in [-0.2, 0) is 4.79 Å². The molecule has 0 aliphatic heterocycles. The molecule has 0 aliphatic rings. The second-order valence-electron chi connectivity index (χ2n) is 2.77. The fraction of sp³-hybridized carbons (Fsp3) is 0.100. The molecule has 0 fully saturated rings. The van der Waals surface area contributed by atoms with Crippen molar-refractivity contribution >= 4 is 40.2 Å². The van der Waals surface area contributed by atoms with Crippen LogP contribution < -0.4 is 4.74 Å². The van der Waals surface area contributed by atoms with Gasteiger partial charge in [-0.25, -0.2) is 4.79 Å². The molecular formula is C10H8ClIO3. The molecule has 0 saturated heterocycles. The van der Waals surface area contributed by atoms with E-state index in [1.807, 2.05) is 0 Å². The van der Waals surface area contributed by atoms with Crippen molar-refractivity contribution in [2.24, 2.45) is 0 Å². The van der Waals surface area contributed by atoms with Crippen molar-refractivity contribution in [1.29, 1.82) is 0 Å². The summed E-state index contributed by atoms with van der Waals surface area (Å²) in [5, 5.41) is 9.13. The summed E-state index contributed by atoms with van der Waals surface area (Å²) in [6.07, 6.45) is 0. The van der Waals surface area contributed by atoms with Gasteiger partial charge in [-0.2, -0.15) is 0 Å². The lowest BCUT2D eigenvalue weighted by molar-refractivity contribution is -0.133. The Balaban J connectivity index is 2.62. The Morgan fingerprint density at radius 1 is 1.60 bits per heavy atom. The van der Waals surface area contributed by atoms with Crippen LogP contribution in [0.25, 0.3) is 0 Å². The van der Waals surface area contributed by atoms with Crippen molar-refractivity contribution in [3.63, 3.8) is 0 Å². The standard InChI is InChI=1S/C10H8ClIO3/c1-6(10(13)14)5-15-7-2-3-9(12)8(11)4-7/h2-4H,1,5H2,(H,13,14). The van der Waals surface area contributed by atoms with E-state index in [1.54, 1.807) is 18.2 Å². The van der Waals surface area contributed by atoms with Gasteiger partial charge in [0.05, 0.1) is 10.6 Å². The largest absolute Gasteiger partial charge is 0.489 e. The molecule has 1 N–H and O–H groups in total. The zero-order chi connectivity index (χ0) is 11.4. The number of carboxylic acids is 1. The Morgan fingerprint density at radius 2 is 2.27 bits per heavy atom. The highest BCUT2D eigenvalue weighted by atomic mass is 127. The summed E-state index contributed by atoms with van der Waals surface area (Å²) in [6, 6.07) is 5.16. The van der Waals surface area contributed by atoms with Crippen molar-refractivity contribution in [2.45, 2.75) is 0 Å². The first kappa shape index (κ1) is 12.3. The fourth-order valence-electron chi connectivity index (χ4n) is 0.799. The van der Waals surface area contributed by atoms with Gasteiger partial charge in [-0.1, -0.05) is 18.2 Å². The second kappa shape index (κ2) is 5.37. The topological polar surface area (TPSA) is 46.5 Å². The Hall–Kier alpha value is -0.750. The zero-order valence-corrected chi connectivity index (χ0v) is 10.6. The fourth-order valence-corrected chi connectivity index (χ4v) is 1.30. The molecule has 0 saturated carbocycles. The first-order valence-corrected chi connectivity index (χ1v) is 5.45. The number of carboxylic acid groups (broad SMARTS) is 1. The van der Waals surface area contributed by atoms with Gasteiger partial charge in [0.1, 0.15) is 12.4 Å². The molecule has 3 nitrogen and oxygen atoms in total.